The highest BCUT2D eigenvalue weighted by Crippen LogP contribution is 2.31. The van der Waals surface area contributed by atoms with Crippen LogP contribution < -0.4 is 4.72 Å². The minimum atomic E-state index is -3.57. The molecule has 1 aliphatic carbocycles. The number of rotatable bonds is 3. The van der Waals surface area contributed by atoms with E-state index in [1.165, 1.54) is 17.8 Å². The van der Waals surface area contributed by atoms with Crippen LogP contribution in [0.3, 0.4) is 0 Å². The molecule has 25 heavy (non-hydrogen) atoms. The van der Waals surface area contributed by atoms with Gasteiger partial charge in [0.1, 0.15) is 0 Å². The maximum Gasteiger partial charge on any atom is 0.240 e. The van der Waals surface area contributed by atoms with Crippen molar-refractivity contribution < 1.29 is 8.42 Å². The first kappa shape index (κ1) is 16.9. The number of fused-ring (bicyclic) bond motifs is 3. The number of halogens is 2. The molecule has 7 heteroatoms. The van der Waals surface area contributed by atoms with E-state index in [1.807, 2.05) is 18.2 Å². The first-order valence-electron chi connectivity index (χ1n) is 7.99. The van der Waals surface area contributed by atoms with Crippen LogP contribution >= 0.6 is 23.2 Å². The zero-order valence-corrected chi connectivity index (χ0v) is 15.5. The first-order valence-corrected chi connectivity index (χ1v) is 10.2. The lowest BCUT2D eigenvalue weighted by molar-refractivity contribution is 0.506. The Kier molecular flexibility index (Phi) is 4.28. The lowest BCUT2D eigenvalue weighted by Gasteiger charge is -2.23. The molecule has 1 atom stereocenters. The molecule has 0 saturated heterocycles. The van der Waals surface area contributed by atoms with Gasteiger partial charge in [-0.2, -0.15) is 0 Å². The van der Waals surface area contributed by atoms with Crippen LogP contribution in [-0.4, -0.2) is 19.4 Å². The topological polar surface area (TPSA) is 62.0 Å². The fourth-order valence-electron chi connectivity index (χ4n) is 3.39. The third-order valence-corrected chi connectivity index (χ3v) is 6.62. The van der Waals surface area contributed by atoms with Gasteiger partial charge in [0.15, 0.2) is 0 Å². The van der Waals surface area contributed by atoms with E-state index < -0.39 is 10.0 Å². The van der Waals surface area contributed by atoms with Crippen LogP contribution in [0.2, 0.25) is 10.0 Å². The van der Waals surface area contributed by atoms with E-state index in [0.717, 1.165) is 29.3 Å². The molecule has 1 heterocycles. The Labute approximate surface area is 156 Å². The molecule has 0 amide bonds. The fourth-order valence-corrected chi connectivity index (χ4v) is 4.96. The van der Waals surface area contributed by atoms with Gasteiger partial charge >= 0.3 is 0 Å². The monoisotopic (exact) mass is 394 g/mol. The molecule has 1 unspecified atom stereocenters. The Morgan fingerprint density at radius 1 is 1.04 bits per heavy atom. The van der Waals surface area contributed by atoms with Crippen molar-refractivity contribution >= 4 is 44.1 Å². The van der Waals surface area contributed by atoms with Gasteiger partial charge in [-0.3, -0.25) is 0 Å². The fraction of sp³-hybridized carbons (Fsp3) is 0.222. The van der Waals surface area contributed by atoms with Crippen LogP contribution in [0.5, 0.6) is 0 Å². The van der Waals surface area contributed by atoms with Gasteiger partial charge in [-0.15, -0.1) is 0 Å². The number of benzene rings is 2. The Morgan fingerprint density at radius 3 is 2.52 bits per heavy atom. The Bertz CT molecular complexity index is 1040. The molecule has 1 aliphatic rings. The molecule has 0 spiro atoms. The summed E-state index contributed by atoms with van der Waals surface area (Å²) in [7, 11) is -3.57. The summed E-state index contributed by atoms with van der Waals surface area (Å²) in [4.78, 5) is 3.64. The Hall–Kier alpha value is -1.53. The first-order chi connectivity index (χ1) is 11.9. The van der Waals surface area contributed by atoms with Gasteiger partial charge in [-0.25, -0.2) is 13.1 Å². The molecule has 4 nitrogen and oxygen atoms in total. The average Bonchev–Trinajstić information content (AvgIpc) is 2.92. The second-order valence-electron chi connectivity index (χ2n) is 6.29. The van der Waals surface area contributed by atoms with E-state index in [-0.39, 0.29) is 10.9 Å². The summed E-state index contributed by atoms with van der Waals surface area (Å²) in [5.74, 6) is 0. The third-order valence-electron chi connectivity index (χ3n) is 4.60. The van der Waals surface area contributed by atoms with Crippen molar-refractivity contribution in [2.24, 2.45) is 0 Å². The molecule has 0 fully saturated rings. The number of H-pyrrole nitrogens is 1. The van der Waals surface area contributed by atoms with E-state index in [1.54, 1.807) is 12.1 Å². The van der Waals surface area contributed by atoms with Crippen LogP contribution in [0.4, 0.5) is 0 Å². The van der Waals surface area contributed by atoms with Crippen LogP contribution in [-0.2, 0) is 22.9 Å². The van der Waals surface area contributed by atoms with Gasteiger partial charge in [0.2, 0.25) is 10.0 Å². The van der Waals surface area contributed by atoms with Crippen molar-refractivity contribution in [2.45, 2.75) is 30.2 Å². The standard InChI is InChI=1S/C18H16Cl2N2O2S/c19-11-1-5-14(6-2-11)25(23,24)22-13-4-8-18-16(10-13)15-9-12(20)3-7-17(15)21-18/h1-3,5-7,9,13,21-22H,4,8,10H2. The number of aromatic nitrogens is 1. The van der Waals surface area contributed by atoms with Gasteiger partial charge in [0.25, 0.3) is 0 Å². The number of aromatic amines is 1. The molecule has 4 rings (SSSR count). The highest BCUT2D eigenvalue weighted by Gasteiger charge is 2.26. The van der Waals surface area contributed by atoms with Gasteiger partial charge in [0.05, 0.1) is 4.90 Å². The van der Waals surface area contributed by atoms with Crippen molar-refractivity contribution in [2.75, 3.05) is 0 Å². The van der Waals surface area contributed by atoms with Crippen LogP contribution in [0, 0.1) is 0 Å². The Morgan fingerprint density at radius 2 is 1.76 bits per heavy atom. The second kappa shape index (κ2) is 6.32. The van der Waals surface area contributed by atoms with Crippen molar-refractivity contribution in [3.05, 3.63) is 63.8 Å². The zero-order valence-electron chi connectivity index (χ0n) is 13.2. The maximum atomic E-state index is 12.6. The summed E-state index contributed by atoms with van der Waals surface area (Å²) in [6, 6.07) is 11.8. The number of hydrogen-bond acceptors (Lipinski definition) is 2. The van der Waals surface area contributed by atoms with Crippen LogP contribution in [0.15, 0.2) is 47.4 Å². The molecular weight excluding hydrogens is 379 g/mol. The summed E-state index contributed by atoms with van der Waals surface area (Å²) in [6.45, 7) is 0. The lowest BCUT2D eigenvalue weighted by Crippen LogP contribution is -2.38. The van der Waals surface area contributed by atoms with Crippen molar-refractivity contribution in [3.8, 4) is 0 Å². The van der Waals surface area contributed by atoms with Crippen molar-refractivity contribution in [3.63, 3.8) is 0 Å². The Balaban J connectivity index is 1.61. The summed E-state index contributed by atoms with van der Waals surface area (Å²) in [6.07, 6.45) is 2.19. The van der Waals surface area contributed by atoms with Gasteiger partial charge < -0.3 is 4.98 Å². The van der Waals surface area contributed by atoms with E-state index in [4.69, 9.17) is 23.2 Å². The minimum Gasteiger partial charge on any atom is -0.358 e. The molecule has 0 saturated carbocycles. The minimum absolute atomic E-state index is 0.147. The SMILES string of the molecule is O=S(=O)(NC1CCc2[nH]c3ccc(Cl)cc3c2C1)c1ccc(Cl)cc1. The highest BCUT2D eigenvalue weighted by molar-refractivity contribution is 7.89. The van der Waals surface area contributed by atoms with E-state index >= 15 is 0 Å². The molecule has 130 valence electrons. The maximum absolute atomic E-state index is 12.6. The largest absolute Gasteiger partial charge is 0.358 e. The molecule has 2 N–H and O–H groups in total. The molecule has 0 aliphatic heterocycles. The van der Waals surface area contributed by atoms with Gasteiger partial charge in [0, 0.05) is 32.7 Å². The van der Waals surface area contributed by atoms with E-state index in [9.17, 15) is 8.42 Å². The van der Waals surface area contributed by atoms with Crippen LogP contribution in [0.25, 0.3) is 10.9 Å². The van der Waals surface area contributed by atoms with E-state index in [2.05, 4.69) is 9.71 Å². The number of aryl methyl sites for hydroxylation is 1. The van der Waals surface area contributed by atoms with Gasteiger partial charge in [-0.05, 0) is 67.3 Å². The normalized spacial score (nSPS) is 17.6. The van der Waals surface area contributed by atoms with Crippen molar-refractivity contribution in [1.29, 1.82) is 0 Å². The lowest BCUT2D eigenvalue weighted by atomic mass is 9.92. The predicted molar refractivity (Wildman–Crippen MR) is 101 cm³/mol. The smallest absolute Gasteiger partial charge is 0.240 e. The molecular formula is C18H16Cl2N2O2S. The number of sulfonamides is 1. The quantitative estimate of drug-likeness (QED) is 0.694. The van der Waals surface area contributed by atoms with Crippen molar-refractivity contribution in [1.82, 2.24) is 9.71 Å². The highest BCUT2D eigenvalue weighted by atomic mass is 35.5. The average molecular weight is 395 g/mol. The third kappa shape index (κ3) is 3.29. The van der Waals surface area contributed by atoms with Crippen LogP contribution in [0.1, 0.15) is 17.7 Å². The van der Waals surface area contributed by atoms with Gasteiger partial charge in [-0.1, -0.05) is 23.2 Å². The molecule has 2 aromatic carbocycles. The summed E-state index contributed by atoms with van der Waals surface area (Å²) < 4.78 is 28.0. The zero-order chi connectivity index (χ0) is 17.6. The second-order valence-corrected chi connectivity index (χ2v) is 8.87. The molecule has 0 radical (unpaired) electrons. The molecule has 1 aromatic heterocycles. The summed E-state index contributed by atoms with van der Waals surface area (Å²) in [5, 5.41) is 2.26. The number of nitrogens with one attached hydrogen (secondary N) is 2. The summed E-state index contributed by atoms with van der Waals surface area (Å²) >= 11 is 12.0. The molecule has 3 aromatic rings. The van der Waals surface area contributed by atoms with E-state index in [0.29, 0.717) is 16.5 Å². The predicted octanol–water partition coefficient (Wildman–Crippen LogP) is 4.31. The molecule has 0 bridgehead atoms. The number of hydrogen-bond donors (Lipinski definition) is 2. The summed E-state index contributed by atoms with van der Waals surface area (Å²) in [5.41, 5.74) is 3.35.